The van der Waals surface area contributed by atoms with Gasteiger partial charge in [0.05, 0.1) is 0 Å². The van der Waals surface area contributed by atoms with Crippen LogP contribution in [0.25, 0.3) is 0 Å². The van der Waals surface area contributed by atoms with Crippen LogP contribution in [0.5, 0.6) is 0 Å². The fraction of sp³-hybridized carbons (Fsp3) is 0.684. The molecule has 0 aliphatic heterocycles. The number of alkyl halides is 1. The van der Waals surface area contributed by atoms with E-state index < -0.39 is 0 Å². The quantitative estimate of drug-likeness (QED) is 0.781. The first-order valence-corrected chi connectivity index (χ1v) is 9.15. The Bertz CT molecular complexity index is 472. The lowest BCUT2D eigenvalue weighted by Crippen LogP contribution is -2.51. The van der Waals surface area contributed by atoms with Gasteiger partial charge in [-0.05, 0) is 55.1 Å². The van der Waals surface area contributed by atoms with Crippen molar-refractivity contribution in [3.63, 3.8) is 0 Å². The maximum absolute atomic E-state index is 6.36. The molecule has 1 saturated carbocycles. The SMILES string of the molecule is CC1CCCC(CCl)(NCC2CCCc3ccccc32)C1. The molecular formula is C19H28ClN. The summed E-state index contributed by atoms with van der Waals surface area (Å²) in [4.78, 5) is 0. The summed E-state index contributed by atoms with van der Waals surface area (Å²) in [7, 11) is 0. The van der Waals surface area contributed by atoms with Crippen LogP contribution >= 0.6 is 11.6 Å². The van der Waals surface area contributed by atoms with Crippen molar-refractivity contribution in [2.24, 2.45) is 5.92 Å². The van der Waals surface area contributed by atoms with E-state index in [1.165, 1.54) is 44.9 Å². The average molecular weight is 306 g/mol. The topological polar surface area (TPSA) is 12.0 Å². The second-order valence-corrected chi connectivity index (χ2v) is 7.55. The highest BCUT2D eigenvalue weighted by molar-refractivity contribution is 6.18. The van der Waals surface area contributed by atoms with Crippen LogP contribution in [0.3, 0.4) is 0 Å². The van der Waals surface area contributed by atoms with Gasteiger partial charge in [-0.15, -0.1) is 11.6 Å². The zero-order valence-corrected chi connectivity index (χ0v) is 14.0. The third-order valence-electron chi connectivity index (χ3n) is 5.56. The minimum atomic E-state index is 0.186. The molecule has 1 nitrogen and oxygen atoms in total. The number of fused-ring (bicyclic) bond motifs is 1. The first-order chi connectivity index (χ1) is 10.2. The van der Waals surface area contributed by atoms with Crippen molar-refractivity contribution in [1.82, 2.24) is 5.32 Å². The smallest absolute Gasteiger partial charge is 0.0406 e. The molecule has 1 fully saturated rings. The Morgan fingerprint density at radius 2 is 2.10 bits per heavy atom. The molecule has 1 aromatic carbocycles. The summed E-state index contributed by atoms with van der Waals surface area (Å²) in [6, 6.07) is 9.01. The molecule has 3 unspecified atom stereocenters. The van der Waals surface area contributed by atoms with Crippen molar-refractivity contribution in [3.8, 4) is 0 Å². The Kier molecular flexibility index (Phi) is 4.91. The summed E-state index contributed by atoms with van der Waals surface area (Å²) < 4.78 is 0. The summed E-state index contributed by atoms with van der Waals surface area (Å²) in [5.41, 5.74) is 3.32. The average Bonchev–Trinajstić information content (AvgIpc) is 2.53. The normalized spacial score (nSPS) is 32.7. The van der Waals surface area contributed by atoms with Crippen LogP contribution < -0.4 is 5.32 Å². The standard InChI is InChI=1S/C19H28ClN/c1-15-6-5-11-19(12-15,14-20)21-13-17-9-4-8-16-7-2-3-10-18(16)17/h2-3,7,10,15,17,21H,4-6,8-9,11-14H2,1H3. The monoisotopic (exact) mass is 305 g/mol. The van der Waals surface area contributed by atoms with Crippen molar-refractivity contribution >= 4 is 11.6 Å². The van der Waals surface area contributed by atoms with E-state index in [1.54, 1.807) is 11.1 Å². The minimum absolute atomic E-state index is 0.186. The maximum Gasteiger partial charge on any atom is 0.0406 e. The second-order valence-electron chi connectivity index (χ2n) is 7.28. The fourth-order valence-corrected chi connectivity index (χ4v) is 4.73. The van der Waals surface area contributed by atoms with E-state index in [0.29, 0.717) is 5.92 Å². The summed E-state index contributed by atoms with van der Waals surface area (Å²) in [6.45, 7) is 3.47. The van der Waals surface area contributed by atoms with Gasteiger partial charge in [-0.25, -0.2) is 0 Å². The lowest BCUT2D eigenvalue weighted by atomic mass is 9.76. The van der Waals surface area contributed by atoms with E-state index in [9.17, 15) is 0 Å². The van der Waals surface area contributed by atoms with Crippen molar-refractivity contribution < 1.29 is 0 Å². The Balaban J connectivity index is 1.67. The van der Waals surface area contributed by atoms with Gasteiger partial charge < -0.3 is 5.32 Å². The van der Waals surface area contributed by atoms with Crippen LogP contribution in [0.4, 0.5) is 0 Å². The molecule has 1 aromatic rings. The summed E-state index contributed by atoms with van der Waals surface area (Å²) in [5, 5.41) is 3.89. The molecule has 0 saturated heterocycles. The largest absolute Gasteiger partial charge is 0.309 e. The van der Waals surface area contributed by atoms with Gasteiger partial charge in [0.15, 0.2) is 0 Å². The number of nitrogens with one attached hydrogen (secondary N) is 1. The Hall–Kier alpha value is -0.530. The molecule has 2 heteroatoms. The lowest BCUT2D eigenvalue weighted by Gasteiger charge is -2.41. The van der Waals surface area contributed by atoms with Gasteiger partial charge in [-0.1, -0.05) is 44.0 Å². The van der Waals surface area contributed by atoms with E-state index in [2.05, 4.69) is 36.5 Å². The fourth-order valence-electron chi connectivity index (χ4n) is 4.40. The van der Waals surface area contributed by atoms with Gasteiger partial charge in [0.25, 0.3) is 0 Å². The molecule has 0 aromatic heterocycles. The molecule has 3 atom stereocenters. The van der Waals surface area contributed by atoms with Crippen LogP contribution in [-0.4, -0.2) is 18.0 Å². The first kappa shape index (κ1) is 15.4. The molecular weight excluding hydrogens is 278 g/mol. The van der Waals surface area contributed by atoms with Crippen LogP contribution in [0, 0.1) is 5.92 Å². The highest BCUT2D eigenvalue weighted by atomic mass is 35.5. The second kappa shape index (κ2) is 6.71. The highest BCUT2D eigenvalue weighted by Crippen LogP contribution is 2.35. The molecule has 1 N–H and O–H groups in total. The number of hydrogen-bond acceptors (Lipinski definition) is 1. The number of aryl methyl sites for hydroxylation is 1. The molecule has 0 heterocycles. The lowest BCUT2D eigenvalue weighted by molar-refractivity contribution is 0.204. The third kappa shape index (κ3) is 3.46. The molecule has 3 rings (SSSR count). The van der Waals surface area contributed by atoms with Crippen LogP contribution in [0.1, 0.15) is 62.5 Å². The first-order valence-electron chi connectivity index (χ1n) is 8.61. The summed E-state index contributed by atoms with van der Waals surface area (Å²) in [5.74, 6) is 2.24. The number of halogens is 1. The Morgan fingerprint density at radius 3 is 2.90 bits per heavy atom. The van der Waals surface area contributed by atoms with Crippen LogP contribution in [0.15, 0.2) is 24.3 Å². The highest BCUT2D eigenvalue weighted by Gasteiger charge is 2.34. The van der Waals surface area contributed by atoms with Crippen molar-refractivity contribution in [1.29, 1.82) is 0 Å². The van der Waals surface area contributed by atoms with Gasteiger partial charge in [0.1, 0.15) is 0 Å². The molecule has 116 valence electrons. The van der Waals surface area contributed by atoms with Gasteiger partial charge in [-0.2, -0.15) is 0 Å². The zero-order valence-electron chi connectivity index (χ0n) is 13.2. The number of benzene rings is 1. The van der Waals surface area contributed by atoms with Gasteiger partial charge >= 0.3 is 0 Å². The van der Waals surface area contributed by atoms with Crippen molar-refractivity contribution in [3.05, 3.63) is 35.4 Å². The van der Waals surface area contributed by atoms with E-state index in [1.807, 2.05) is 0 Å². The van der Waals surface area contributed by atoms with Crippen molar-refractivity contribution in [2.75, 3.05) is 12.4 Å². The van der Waals surface area contributed by atoms with E-state index in [4.69, 9.17) is 11.6 Å². The molecule has 0 spiro atoms. The van der Waals surface area contributed by atoms with Gasteiger partial charge in [0.2, 0.25) is 0 Å². The summed E-state index contributed by atoms with van der Waals surface area (Å²) in [6.07, 6.45) is 9.07. The van der Waals surface area contributed by atoms with Crippen LogP contribution in [-0.2, 0) is 6.42 Å². The van der Waals surface area contributed by atoms with Gasteiger partial charge in [0, 0.05) is 18.0 Å². The van der Waals surface area contributed by atoms with E-state index >= 15 is 0 Å². The van der Waals surface area contributed by atoms with E-state index in [0.717, 1.165) is 18.3 Å². The Labute approximate surface area is 134 Å². The van der Waals surface area contributed by atoms with Crippen LogP contribution in [0.2, 0.25) is 0 Å². The summed E-state index contributed by atoms with van der Waals surface area (Å²) >= 11 is 6.36. The molecule has 0 amide bonds. The van der Waals surface area contributed by atoms with Gasteiger partial charge in [-0.3, -0.25) is 0 Å². The molecule has 21 heavy (non-hydrogen) atoms. The number of rotatable bonds is 4. The van der Waals surface area contributed by atoms with E-state index in [-0.39, 0.29) is 5.54 Å². The Morgan fingerprint density at radius 1 is 1.24 bits per heavy atom. The maximum atomic E-state index is 6.36. The molecule has 2 aliphatic rings. The predicted molar refractivity (Wildman–Crippen MR) is 91.2 cm³/mol. The molecule has 2 aliphatic carbocycles. The molecule has 0 bridgehead atoms. The third-order valence-corrected chi connectivity index (χ3v) is 6.08. The predicted octanol–water partition coefficient (Wildman–Crippen LogP) is 4.88. The molecule has 0 radical (unpaired) electrons. The zero-order chi connectivity index (χ0) is 14.7. The minimum Gasteiger partial charge on any atom is -0.309 e. The number of hydrogen-bond donors (Lipinski definition) is 1. The van der Waals surface area contributed by atoms with Crippen molar-refractivity contribution in [2.45, 2.75) is 63.3 Å².